The van der Waals surface area contributed by atoms with E-state index in [1.807, 2.05) is 19.1 Å². The van der Waals surface area contributed by atoms with Crippen LogP contribution in [0.25, 0.3) is 10.7 Å². The van der Waals surface area contributed by atoms with E-state index in [1.165, 1.54) is 4.88 Å². The Labute approximate surface area is 135 Å². The molecule has 0 saturated carbocycles. The zero-order chi connectivity index (χ0) is 14.8. The van der Waals surface area contributed by atoms with Crippen molar-refractivity contribution < 1.29 is 9.53 Å². The number of aryl methyl sites for hydroxylation is 1. The molecule has 2 heterocycles. The molecule has 0 fully saturated rings. The summed E-state index contributed by atoms with van der Waals surface area (Å²) in [6, 6.07) is 3.83. The minimum absolute atomic E-state index is 0.157. The Morgan fingerprint density at radius 2 is 2.43 bits per heavy atom. The average molecular weight is 367 g/mol. The van der Waals surface area contributed by atoms with Gasteiger partial charge in [-0.15, -0.1) is 11.3 Å². The molecule has 3 rings (SSSR count). The van der Waals surface area contributed by atoms with E-state index in [9.17, 15) is 4.79 Å². The van der Waals surface area contributed by atoms with Crippen LogP contribution in [0.4, 0.5) is 0 Å². The summed E-state index contributed by atoms with van der Waals surface area (Å²) in [6.07, 6.45) is 4.55. The van der Waals surface area contributed by atoms with Gasteiger partial charge in [0.25, 0.3) is 0 Å². The van der Waals surface area contributed by atoms with Crippen molar-refractivity contribution >= 4 is 33.2 Å². The minimum atomic E-state index is -0.221. The molecule has 1 aliphatic rings. The Morgan fingerprint density at radius 3 is 3.19 bits per heavy atom. The van der Waals surface area contributed by atoms with Crippen LogP contribution in [0.1, 0.15) is 36.3 Å². The lowest BCUT2D eigenvalue weighted by atomic mass is 9.91. The lowest BCUT2D eigenvalue weighted by Gasteiger charge is -2.19. The first-order chi connectivity index (χ1) is 10.2. The van der Waals surface area contributed by atoms with E-state index in [1.54, 1.807) is 17.5 Å². The fourth-order valence-electron chi connectivity index (χ4n) is 2.54. The van der Waals surface area contributed by atoms with Crippen molar-refractivity contribution in [1.29, 1.82) is 0 Å². The van der Waals surface area contributed by atoms with E-state index in [2.05, 4.69) is 20.9 Å². The summed E-state index contributed by atoms with van der Waals surface area (Å²) in [4.78, 5) is 22.4. The van der Waals surface area contributed by atoms with Gasteiger partial charge in [-0.05, 0) is 54.2 Å². The first-order valence-electron chi connectivity index (χ1n) is 6.97. The van der Waals surface area contributed by atoms with Gasteiger partial charge in [0.2, 0.25) is 0 Å². The highest BCUT2D eigenvalue weighted by atomic mass is 79.9. The van der Waals surface area contributed by atoms with Crippen LogP contribution >= 0.6 is 27.3 Å². The van der Waals surface area contributed by atoms with Gasteiger partial charge in [0.1, 0.15) is 16.6 Å². The van der Waals surface area contributed by atoms with Crippen LogP contribution in [0.2, 0.25) is 0 Å². The van der Waals surface area contributed by atoms with Gasteiger partial charge in [0.15, 0.2) is 0 Å². The monoisotopic (exact) mass is 366 g/mol. The van der Waals surface area contributed by atoms with E-state index in [-0.39, 0.29) is 11.9 Å². The molecular formula is C15H15BrN2O2S. The largest absolute Gasteiger partial charge is 0.465 e. The lowest BCUT2D eigenvalue weighted by Crippen LogP contribution is -2.20. The molecule has 0 aromatic carbocycles. The summed E-state index contributed by atoms with van der Waals surface area (Å²) in [7, 11) is 0. The van der Waals surface area contributed by atoms with Crippen molar-refractivity contribution in [1.82, 2.24) is 9.97 Å². The molecular weight excluding hydrogens is 352 g/mol. The minimum Gasteiger partial charge on any atom is -0.465 e. The van der Waals surface area contributed by atoms with Crippen LogP contribution in [-0.4, -0.2) is 22.5 Å². The van der Waals surface area contributed by atoms with E-state index >= 15 is 0 Å². The Balaban J connectivity index is 1.98. The Morgan fingerprint density at radius 1 is 1.57 bits per heavy atom. The standard InChI is InChI=1S/C15H15BrN2O2S/c1-2-20-15(19)9-5-3-7-11-12(9)18-14(21-11)13-10(16)6-4-8-17-13/h4,6,8-9H,2-3,5,7H2,1H3. The number of thiazole rings is 1. The number of nitrogens with zero attached hydrogens (tertiary/aromatic N) is 2. The summed E-state index contributed by atoms with van der Waals surface area (Å²) in [5.41, 5.74) is 1.72. The molecule has 2 aromatic rings. The average Bonchev–Trinajstić information content (AvgIpc) is 2.91. The highest BCUT2D eigenvalue weighted by Crippen LogP contribution is 2.39. The smallest absolute Gasteiger partial charge is 0.315 e. The summed E-state index contributed by atoms with van der Waals surface area (Å²) in [5, 5.41) is 0.865. The number of carbonyl (C=O) groups excluding carboxylic acids is 1. The van der Waals surface area contributed by atoms with Crippen molar-refractivity contribution in [2.24, 2.45) is 0 Å². The fraction of sp³-hybridized carbons (Fsp3) is 0.400. The number of fused-ring (bicyclic) bond motifs is 1. The molecule has 4 nitrogen and oxygen atoms in total. The number of carbonyl (C=O) groups is 1. The molecule has 0 spiro atoms. The fourth-order valence-corrected chi connectivity index (χ4v) is 4.28. The molecule has 1 atom stereocenters. The van der Waals surface area contributed by atoms with Crippen LogP contribution in [0.3, 0.4) is 0 Å². The zero-order valence-corrected chi connectivity index (χ0v) is 14.0. The SMILES string of the molecule is CCOC(=O)C1CCCc2sc(-c3ncccc3Br)nc21. The highest BCUT2D eigenvalue weighted by Gasteiger charge is 2.31. The number of pyridine rings is 1. The third-order valence-electron chi connectivity index (χ3n) is 3.49. The number of halogens is 1. The molecule has 110 valence electrons. The van der Waals surface area contributed by atoms with Crippen molar-refractivity contribution in [3.63, 3.8) is 0 Å². The van der Waals surface area contributed by atoms with Crippen molar-refractivity contribution in [2.75, 3.05) is 6.61 Å². The summed E-state index contributed by atoms with van der Waals surface area (Å²) < 4.78 is 6.10. The summed E-state index contributed by atoms with van der Waals surface area (Å²) in [5.74, 6) is -0.378. The highest BCUT2D eigenvalue weighted by molar-refractivity contribution is 9.10. The molecule has 0 saturated heterocycles. The first kappa shape index (κ1) is 14.7. The predicted molar refractivity (Wildman–Crippen MR) is 85.4 cm³/mol. The van der Waals surface area contributed by atoms with Crippen LogP contribution in [0.15, 0.2) is 22.8 Å². The van der Waals surface area contributed by atoms with Gasteiger partial charge < -0.3 is 4.74 Å². The van der Waals surface area contributed by atoms with E-state index in [0.29, 0.717) is 6.61 Å². The van der Waals surface area contributed by atoms with Crippen LogP contribution in [0, 0.1) is 0 Å². The molecule has 1 unspecified atom stereocenters. The number of esters is 1. The second kappa shape index (κ2) is 6.23. The topological polar surface area (TPSA) is 52.1 Å². The number of hydrogen-bond donors (Lipinski definition) is 0. The van der Waals surface area contributed by atoms with Gasteiger partial charge in [-0.1, -0.05) is 0 Å². The van der Waals surface area contributed by atoms with Gasteiger partial charge in [-0.2, -0.15) is 0 Å². The predicted octanol–water partition coefficient (Wildman–Crippen LogP) is 3.95. The third kappa shape index (κ3) is 2.87. The van der Waals surface area contributed by atoms with Gasteiger partial charge in [0.05, 0.1) is 12.3 Å². The number of ether oxygens (including phenoxy) is 1. The van der Waals surface area contributed by atoms with E-state index < -0.39 is 0 Å². The van der Waals surface area contributed by atoms with Crippen LogP contribution < -0.4 is 0 Å². The van der Waals surface area contributed by atoms with Crippen molar-refractivity contribution in [3.8, 4) is 10.7 Å². The van der Waals surface area contributed by atoms with E-state index in [4.69, 9.17) is 9.72 Å². The van der Waals surface area contributed by atoms with Crippen LogP contribution in [-0.2, 0) is 16.0 Å². The van der Waals surface area contributed by atoms with Gasteiger partial charge in [-0.25, -0.2) is 4.98 Å². The van der Waals surface area contributed by atoms with Gasteiger partial charge in [-0.3, -0.25) is 9.78 Å². The lowest BCUT2D eigenvalue weighted by molar-refractivity contribution is -0.145. The Hall–Kier alpha value is -1.27. The molecule has 0 N–H and O–H groups in total. The molecule has 0 amide bonds. The molecule has 6 heteroatoms. The number of hydrogen-bond acceptors (Lipinski definition) is 5. The Kier molecular flexibility index (Phi) is 4.35. The van der Waals surface area contributed by atoms with Crippen molar-refractivity contribution in [2.45, 2.75) is 32.1 Å². The van der Waals surface area contributed by atoms with Crippen molar-refractivity contribution in [3.05, 3.63) is 33.4 Å². The normalized spacial score (nSPS) is 17.3. The quantitative estimate of drug-likeness (QED) is 0.771. The molecule has 2 aromatic heterocycles. The van der Waals surface area contributed by atoms with Gasteiger partial charge in [0, 0.05) is 15.5 Å². The summed E-state index contributed by atoms with van der Waals surface area (Å²) in [6.45, 7) is 2.24. The third-order valence-corrected chi connectivity index (χ3v) is 5.26. The molecule has 0 bridgehead atoms. The Bertz CT molecular complexity index is 671. The second-order valence-corrected chi connectivity index (χ2v) is 6.80. The maximum absolute atomic E-state index is 12.1. The number of aromatic nitrogens is 2. The second-order valence-electron chi connectivity index (χ2n) is 4.86. The summed E-state index contributed by atoms with van der Waals surface area (Å²) >= 11 is 5.14. The molecule has 0 aliphatic heterocycles. The molecule has 21 heavy (non-hydrogen) atoms. The maximum atomic E-state index is 12.1. The maximum Gasteiger partial charge on any atom is 0.315 e. The van der Waals surface area contributed by atoms with Gasteiger partial charge >= 0.3 is 5.97 Å². The first-order valence-corrected chi connectivity index (χ1v) is 8.58. The molecule has 0 radical (unpaired) electrons. The van der Waals surface area contributed by atoms with Crippen LogP contribution in [0.5, 0.6) is 0 Å². The number of rotatable bonds is 3. The molecule has 1 aliphatic carbocycles. The zero-order valence-electron chi connectivity index (χ0n) is 11.6. The van der Waals surface area contributed by atoms with E-state index in [0.717, 1.165) is 40.1 Å².